The van der Waals surface area contributed by atoms with E-state index in [9.17, 15) is 4.79 Å². The number of hydrogen-bond acceptors (Lipinski definition) is 3. The summed E-state index contributed by atoms with van der Waals surface area (Å²) >= 11 is 0. The Hall–Kier alpha value is -1.42. The van der Waals surface area contributed by atoms with Crippen molar-refractivity contribution in [1.29, 1.82) is 0 Å². The van der Waals surface area contributed by atoms with Gasteiger partial charge in [0, 0.05) is 18.8 Å². The molecule has 1 heterocycles. The van der Waals surface area contributed by atoms with Crippen LogP contribution in [0.2, 0.25) is 0 Å². The van der Waals surface area contributed by atoms with Crippen LogP contribution in [0.3, 0.4) is 0 Å². The lowest BCUT2D eigenvalue weighted by Crippen LogP contribution is -2.43. The smallest absolute Gasteiger partial charge is 0.236 e. The molecule has 0 fully saturated rings. The van der Waals surface area contributed by atoms with Crippen LogP contribution in [0.15, 0.2) is 24.4 Å². The van der Waals surface area contributed by atoms with Crippen LogP contribution in [0.25, 0.3) is 0 Å². The highest BCUT2D eigenvalue weighted by molar-refractivity contribution is 5.81. The number of amides is 1. The predicted molar refractivity (Wildman–Crippen MR) is 63.9 cm³/mol. The van der Waals surface area contributed by atoms with Gasteiger partial charge in [0.05, 0.1) is 11.7 Å². The van der Waals surface area contributed by atoms with Gasteiger partial charge in [0.1, 0.15) is 0 Å². The van der Waals surface area contributed by atoms with Crippen LogP contribution in [-0.4, -0.2) is 23.5 Å². The number of pyridine rings is 1. The fraction of sp³-hybridized carbons (Fsp3) is 0.500. The Bertz CT molecular complexity index is 326. The summed E-state index contributed by atoms with van der Waals surface area (Å²) in [6, 6.07) is 5.62. The number of aromatic nitrogens is 1. The fourth-order valence-electron chi connectivity index (χ4n) is 1.50. The van der Waals surface area contributed by atoms with E-state index in [1.54, 1.807) is 6.20 Å². The molecule has 2 atom stereocenters. The zero-order valence-corrected chi connectivity index (χ0v) is 10.0. The monoisotopic (exact) mass is 221 g/mol. The van der Waals surface area contributed by atoms with E-state index < -0.39 is 0 Å². The molecule has 4 heteroatoms. The van der Waals surface area contributed by atoms with Crippen molar-refractivity contribution in [2.45, 2.75) is 32.9 Å². The molecule has 2 N–H and O–H groups in total. The molecule has 0 radical (unpaired) electrons. The van der Waals surface area contributed by atoms with Gasteiger partial charge in [-0.3, -0.25) is 15.1 Å². The molecule has 0 spiro atoms. The molecule has 0 aliphatic heterocycles. The lowest BCUT2D eigenvalue weighted by atomic mass is 10.2. The van der Waals surface area contributed by atoms with Gasteiger partial charge in [-0.15, -0.1) is 0 Å². The van der Waals surface area contributed by atoms with Gasteiger partial charge >= 0.3 is 0 Å². The molecule has 0 aromatic carbocycles. The summed E-state index contributed by atoms with van der Waals surface area (Å²) in [5.41, 5.74) is 0.943. The van der Waals surface area contributed by atoms with Crippen LogP contribution < -0.4 is 10.6 Å². The van der Waals surface area contributed by atoms with Gasteiger partial charge in [0.15, 0.2) is 0 Å². The minimum absolute atomic E-state index is 0.0188. The minimum Gasteiger partial charge on any atom is -0.355 e. The summed E-state index contributed by atoms with van der Waals surface area (Å²) in [5, 5.41) is 5.99. The number of nitrogens with one attached hydrogen (secondary N) is 2. The predicted octanol–water partition coefficient (Wildman–Crippen LogP) is 1.26. The van der Waals surface area contributed by atoms with Gasteiger partial charge in [0.25, 0.3) is 0 Å². The quantitative estimate of drug-likeness (QED) is 0.787. The standard InChI is InChI=1S/C12H19N3O/c1-4-13-12(16)10(3)15-9(2)11-7-5-6-8-14-11/h5-10,15H,4H2,1-3H3,(H,13,16)/t9-,10?/m1/s1. The van der Waals surface area contributed by atoms with Crippen molar-refractivity contribution in [3.8, 4) is 0 Å². The maximum absolute atomic E-state index is 11.5. The number of hydrogen-bond donors (Lipinski definition) is 2. The van der Waals surface area contributed by atoms with E-state index in [0.29, 0.717) is 6.54 Å². The van der Waals surface area contributed by atoms with Crippen molar-refractivity contribution in [1.82, 2.24) is 15.6 Å². The van der Waals surface area contributed by atoms with Crippen molar-refractivity contribution in [2.24, 2.45) is 0 Å². The summed E-state index contributed by atoms with van der Waals surface area (Å²) in [5.74, 6) is 0.0188. The molecule has 88 valence electrons. The van der Waals surface area contributed by atoms with Gasteiger partial charge in [-0.1, -0.05) is 6.07 Å². The van der Waals surface area contributed by atoms with Crippen molar-refractivity contribution in [2.75, 3.05) is 6.54 Å². The normalized spacial score (nSPS) is 14.2. The number of carbonyl (C=O) groups is 1. The Labute approximate surface area is 96.5 Å². The number of likely N-dealkylation sites (N-methyl/N-ethyl adjacent to an activating group) is 1. The van der Waals surface area contributed by atoms with E-state index in [2.05, 4.69) is 15.6 Å². The maximum Gasteiger partial charge on any atom is 0.236 e. The lowest BCUT2D eigenvalue weighted by Gasteiger charge is -2.18. The Balaban J connectivity index is 2.51. The topological polar surface area (TPSA) is 54.0 Å². The first-order valence-electron chi connectivity index (χ1n) is 5.59. The molecular weight excluding hydrogens is 202 g/mol. The van der Waals surface area contributed by atoms with E-state index in [1.165, 1.54) is 0 Å². The second kappa shape index (κ2) is 6.23. The first-order chi connectivity index (χ1) is 7.65. The Morgan fingerprint density at radius 2 is 2.19 bits per heavy atom. The summed E-state index contributed by atoms with van der Waals surface area (Å²) < 4.78 is 0. The third kappa shape index (κ3) is 3.62. The van der Waals surface area contributed by atoms with Crippen LogP contribution in [0.4, 0.5) is 0 Å². The van der Waals surface area contributed by atoms with Crippen molar-refractivity contribution < 1.29 is 4.79 Å². The zero-order chi connectivity index (χ0) is 12.0. The van der Waals surface area contributed by atoms with Crippen molar-refractivity contribution in [3.05, 3.63) is 30.1 Å². The van der Waals surface area contributed by atoms with Crippen molar-refractivity contribution >= 4 is 5.91 Å². The average molecular weight is 221 g/mol. The van der Waals surface area contributed by atoms with Gasteiger partial charge in [-0.05, 0) is 32.9 Å². The lowest BCUT2D eigenvalue weighted by molar-refractivity contribution is -0.122. The van der Waals surface area contributed by atoms with Gasteiger partial charge < -0.3 is 5.32 Å². The summed E-state index contributed by atoms with van der Waals surface area (Å²) in [7, 11) is 0. The Morgan fingerprint density at radius 1 is 1.44 bits per heavy atom. The first kappa shape index (κ1) is 12.6. The molecule has 0 saturated heterocycles. The molecule has 0 aliphatic rings. The van der Waals surface area contributed by atoms with E-state index in [4.69, 9.17) is 0 Å². The summed E-state index contributed by atoms with van der Waals surface area (Å²) in [4.78, 5) is 15.8. The van der Waals surface area contributed by atoms with Gasteiger partial charge in [-0.2, -0.15) is 0 Å². The molecule has 4 nitrogen and oxygen atoms in total. The molecule has 0 bridgehead atoms. The Kier molecular flexibility index (Phi) is 4.92. The molecule has 0 saturated carbocycles. The van der Waals surface area contributed by atoms with Gasteiger partial charge in [0.2, 0.25) is 5.91 Å². The highest BCUT2D eigenvalue weighted by Gasteiger charge is 2.15. The molecule has 1 rings (SSSR count). The third-order valence-electron chi connectivity index (χ3n) is 2.38. The molecule has 1 aromatic heterocycles. The third-order valence-corrected chi connectivity index (χ3v) is 2.38. The second-order valence-electron chi connectivity index (χ2n) is 3.76. The van der Waals surface area contributed by atoms with Crippen LogP contribution in [0, 0.1) is 0 Å². The summed E-state index contributed by atoms with van der Waals surface area (Å²) in [6.45, 7) is 6.41. The largest absolute Gasteiger partial charge is 0.355 e. The van der Waals surface area contributed by atoms with Crippen molar-refractivity contribution in [3.63, 3.8) is 0 Å². The van der Waals surface area contributed by atoms with E-state index in [1.807, 2.05) is 39.0 Å². The molecular formula is C12H19N3O. The summed E-state index contributed by atoms with van der Waals surface area (Å²) in [6.07, 6.45) is 1.75. The van der Waals surface area contributed by atoms with Crippen LogP contribution in [-0.2, 0) is 4.79 Å². The number of nitrogens with zero attached hydrogens (tertiary/aromatic N) is 1. The van der Waals surface area contributed by atoms with E-state index >= 15 is 0 Å². The maximum atomic E-state index is 11.5. The van der Waals surface area contributed by atoms with E-state index in [0.717, 1.165) is 5.69 Å². The first-order valence-corrected chi connectivity index (χ1v) is 5.59. The van der Waals surface area contributed by atoms with Crippen LogP contribution >= 0.6 is 0 Å². The van der Waals surface area contributed by atoms with Crippen LogP contribution in [0.1, 0.15) is 32.5 Å². The van der Waals surface area contributed by atoms with Gasteiger partial charge in [-0.25, -0.2) is 0 Å². The highest BCUT2D eigenvalue weighted by Crippen LogP contribution is 2.08. The van der Waals surface area contributed by atoms with Crippen LogP contribution in [0.5, 0.6) is 0 Å². The molecule has 16 heavy (non-hydrogen) atoms. The molecule has 0 aliphatic carbocycles. The minimum atomic E-state index is -0.211. The number of carbonyl (C=O) groups excluding carboxylic acids is 1. The zero-order valence-electron chi connectivity index (χ0n) is 10.0. The Morgan fingerprint density at radius 3 is 2.75 bits per heavy atom. The highest BCUT2D eigenvalue weighted by atomic mass is 16.2. The fourth-order valence-corrected chi connectivity index (χ4v) is 1.50. The number of rotatable bonds is 5. The second-order valence-corrected chi connectivity index (χ2v) is 3.76. The average Bonchev–Trinajstić information content (AvgIpc) is 2.30. The molecule has 1 amide bonds. The SMILES string of the molecule is CCNC(=O)C(C)N[C@H](C)c1ccccn1. The molecule has 1 aromatic rings. The van der Waals surface area contributed by atoms with E-state index in [-0.39, 0.29) is 18.0 Å². The molecule has 1 unspecified atom stereocenters.